The van der Waals surface area contributed by atoms with Gasteiger partial charge in [0.15, 0.2) is 0 Å². The Balaban J connectivity index is 1.98. The van der Waals surface area contributed by atoms with Gasteiger partial charge in [-0.2, -0.15) is 18.2 Å². The zero-order valence-corrected chi connectivity index (χ0v) is 14.1. The summed E-state index contributed by atoms with van der Waals surface area (Å²) in [6.07, 6.45) is 0.354. The molecule has 3 aromatic rings. The number of hydrogen-bond donors (Lipinski definition) is 0. The average molecular weight is 361 g/mol. The van der Waals surface area contributed by atoms with E-state index >= 15 is 0 Å². The molecule has 0 bridgehead atoms. The van der Waals surface area contributed by atoms with E-state index < -0.39 is 10.1 Å². The minimum atomic E-state index is -3.61. The highest BCUT2D eigenvalue weighted by Crippen LogP contribution is 2.37. The second kappa shape index (κ2) is 5.65. The highest BCUT2D eigenvalue weighted by Gasteiger charge is 2.31. The lowest BCUT2D eigenvalue weighted by Crippen LogP contribution is -2.22. The number of halogens is 1. The summed E-state index contributed by atoms with van der Waals surface area (Å²) < 4.78 is 30.6. The van der Waals surface area contributed by atoms with Crippen LogP contribution in [0.3, 0.4) is 0 Å². The Morgan fingerprint density at radius 2 is 1.75 bits per heavy atom. The molecule has 1 aromatic heterocycles. The van der Waals surface area contributed by atoms with Gasteiger partial charge in [0, 0.05) is 11.1 Å². The van der Waals surface area contributed by atoms with Gasteiger partial charge in [-0.15, -0.1) is 0 Å². The highest BCUT2D eigenvalue weighted by molar-refractivity contribution is 7.87. The van der Waals surface area contributed by atoms with Gasteiger partial charge in [0.2, 0.25) is 5.88 Å². The van der Waals surface area contributed by atoms with Gasteiger partial charge in [-0.1, -0.05) is 54.1 Å². The van der Waals surface area contributed by atoms with Crippen molar-refractivity contribution in [2.24, 2.45) is 0 Å². The number of para-hydroxylation sites is 1. The number of hydrogen-bond acceptors (Lipinski definition) is 4. The van der Waals surface area contributed by atoms with E-state index in [1.165, 1.54) is 4.68 Å². The lowest BCUT2D eigenvalue weighted by Gasteiger charge is -2.16. The van der Waals surface area contributed by atoms with Crippen LogP contribution in [0.4, 0.5) is 0 Å². The van der Waals surface area contributed by atoms with Crippen molar-refractivity contribution in [2.75, 3.05) is 5.75 Å². The molecule has 0 fully saturated rings. The molecule has 0 atom stereocenters. The van der Waals surface area contributed by atoms with E-state index in [0.717, 1.165) is 11.1 Å². The molecule has 2 aromatic carbocycles. The van der Waals surface area contributed by atoms with E-state index in [1.807, 2.05) is 36.4 Å². The normalized spacial score (nSPS) is 15.5. The topological polar surface area (TPSA) is 61.2 Å². The predicted octanol–water partition coefficient (Wildman–Crippen LogP) is 3.46. The van der Waals surface area contributed by atoms with Crippen molar-refractivity contribution in [3.8, 4) is 22.8 Å². The van der Waals surface area contributed by atoms with E-state index in [4.69, 9.17) is 15.8 Å². The molecule has 4 rings (SSSR count). The SMILES string of the molecule is O=S1(=O)CCc2c(-c3ccccc3)nn(-c3ccccc3Cl)c2O1. The lowest BCUT2D eigenvalue weighted by molar-refractivity contribution is 0.452. The predicted molar refractivity (Wildman–Crippen MR) is 92.1 cm³/mol. The molecule has 0 saturated heterocycles. The first kappa shape index (κ1) is 15.2. The van der Waals surface area contributed by atoms with Crippen molar-refractivity contribution in [1.82, 2.24) is 9.78 Å². The van der Waals surface area contributed by atoms with Crippen molar-refractivity contribution < 1.29 is 12.6 Å². The van der Waals surface area contributed by atoms with E-state index in [1.54, 1.807) is 18.2 Å². The van der Waals surface area contributed by atoms with Crippen LogP contribution >= 0.6 is 11.6 Å². The van der Waals surface area contributed by atoms with Gasteiger partial charge in [0.1, 0.15) is 0 Å². The molecule has 1 aliphatic heterocycles. The van der Waals surface area contributed by atoms with Crippen molar-refractivity contribution in [3.05, 3.63) is 65.2 Å². The minimum absolute atomic E-state index is 0.0615. The van der Waals surface area contributed by atoms with Gasteiger partial charge in [-0.05, 0) is 18.6 Å². The zero-order chi connectivity index (χ0) is 16.7. The fourth-order valence-electron chi connectivity index (χ4n) is 2.75. The molecule has 1 aliphatic rings. The van der Waals surface area contributed by atoms with E-state index in [0.29, 0.717) is 22.8 Å². The fraction of sp³-hybridized carbons (Fsp3) is 0.118. The van der Waals surface area contributed by atoms with E-state index in [9.17, 15) is 8.42 Å². The first-order valence-corrected chi connectivity index (χ1v) is 9.35. The van der Waals surface area contributed by atoms with Gasteiger partial charge in [0.25, 0.3) is 0 Å². The third kappa shape index (κ3) is 2.57. The first-order valence-electron chi connectivity index (χ1n) is 7.39. The molecule has 122 valence electrons. The van der Waals surface area contributed by atoms with Crippen molar-refractivity contribution in [1.29, 1.82) is 0 Å². The molecule has 24 heavy (non-hydrogen) atoms. The molecular formula is C17H13ClN2O3S. The van der Waals surface area contributed by atoms with Crippen LogP contribution in [0.25, 0.3) is 16.9 Å². The van der Waals surface area contributed by atoms with Crippen LogP contribution in [-0.4, -0.2) is 24.0 Å². The molecule has 2 heterocycles. The van der Waals surface area contributed by atoms with Crippen LogP contribution in [0.1, 0.15) is 5.56 Å². The summed E-state index contributed by atoms with van der Waals surface area (Å²) >= 11 is 6.26. The van der Waals surface area contributed by atoms with E-state index in [2.05, 4.69) is 5.10 Å². The first-order chi connectivity index (χ1) is 11.6. The van der Waals surface area contributed by atoms with Gasteiger partial charge in [-0.3, -0.25) is 0 Å². The van der Waals surface area contributed by atoms with Crippen LogP contribution in [0.5, 0.6) is 5.88 Å². The third-order valence-corrected chi connectivity index (χ3v) is 5.31. The quantitative estimate of drug-likeness (QED) is 0.657. The van der Waals surface area contributed by atoms with Crippen LogP contribution < -0.4 is 4.18 Å². The van der Waals surface area contributed by atoms with Crippen molar-refractivity contribution >= 4 is 21.7 Å². The molecule has 5 nitrogen and oxygen atoms in total. The maximum atomic E-state index is 11.9. The standard InChI is InChI=1S/C17H13ClN2O3S/c18-14-8-4-5-9-15(14)20-17-13(10-11-24(21,22)23-17)16(19-20)12-6-2-1-3-7-12/h1-9H,10-11H2. The van der Waals surface area contributed by atoms with Gasteiger partial charge in [0.05, 0.1) is 22.2 Å². The second-order valence-corrected chi connectivity index (χ2v) is 7.55. The molecule has 7 heteroatoms. The number of aromatic nitrogens is 2. The van der Waals surface area contributed by atoms with Crippen LogP contribution in [0.2, 0.25) is 5.02 Å². The average Bonchev–Trinajstić information content (AvgIpc) is 2.93. The molecule has 0 amide bonds. The smallest absolute Gasteiger partial charge is 0.311 e. The van der Waals surface area contributed by atoms with Gasteiger partial charge >= 0.3 is 10.1 Å². The number of rotatable bonds is 2. The minimum Gasteiger partial charge on any atom is -0.361 e. The Hall–Kier alpha value is -2.31. The second-order valence-electron chi connectivity index (χ2n) is 5.46. The molecular weight excluding hydrogens is 348 g/mol. The summed E-state index contributed by atoms with van der Waals surface area (Å²) in [5.74, 6) is 0.154. The summed E-state index contributed by atoms with van der Waals surface area (Å²) in [7, 11) is -3.61. The molecule has 0 aliphatic carbocycles. The highest BCUT2D eigenvalue weighted by atomic mass is 35.5. The lowest BCUT2D eigenvalue weighted by atomic mass is 10.1. The summed E-state index contributed by atoms with van der Waals surface area (Å²) in [6.45, 7) is 0. The van der Waals surface area contributed by atoms with Crippen molar-refractivity contribution in [3.63, 3.8) is 0 Å². The van der Waals surface area contributed by atoms with Crippen LogP contribution in [0.15, 0.2) is 54.6 Å². The van der Waals surface area contributed by atoms with E-state index in [-0.39, 0.29) is 11.6 Å². The Bertz CT molecular complexity index is 1010. The monoisotopic (exact) mass is 360 g/mol. The summed E-state index contributed by atoms with van der Waals surface area (Å²) in [5.41, 5.74) is 2.97. The number of nitrogens with zero attached hydrogens (tertiary/aromatic N) is 2. The molecule has 0 N–H and O–H groups in total. The Kier molecular flexibility index (Phi) is 3.58. The van der Waals surface area contributed by atoms with Crippen LogP contribution in [-0.2, 0) is 16.5 Å². The molecule has 0 saturated carbocycles. The maximum absolute atomic E-state index is 11.9. The third-order valence-electron chi connectivity index (χ3n) is 3.87. The Morgan fingerprint density at radius 3 is 2.50 bits per heavy atom. The maximum Gasteiger partial charge on any atom is 0.311 e. The zero-order valence-electron chi connectivity index (χ0n) is 12.5. The summed E-state index contributed by atoms with van der Waals surface area (Å²) in [5, 5.41) is 5.07. The number of fused-ring (bicyclic) bond motifs is 1. The Morgan fingerprint density at radius 1 is 1.04 bits per heavy atom. The summed E-state index contributed by atoms with van der Waals surface area (Å²) in [6, 6.07) is 16.7. The van der Waals surface area contributed by atoms with Gasteiger partial charge < -0.3 is 4.18 Å². The van der Waals surface area contributed by atoms with Gasteiger partial charge in [-0.25, -0.2) is 0 Å². The van der Waals surface area contributed by atoms with Crippen LogP contribution in [0, 0.1) is 0 Å². The Labute approximate surface area is 144 Å². The molecule has 0 spiro atoms. The molecule has 0 unspecified atom stereocenters. The largest absolute Gasteiger partial charge is 0.361 e. The van der Waals surface area contributed by atoms with Crippen molar-refractivity contribution in [2.45, 2.75) is 6.42 Å². The fourth-order valence-corrected chi connectivity index (χ4v) is 3.91. The molecule has 0 radical (unpaired) electrons. The summed E-state index contributed by atoms with van der Waals surface area (Å²) in [4.78, 5) is 0. The number of benzene rings is 2.